The minimum absolute atomic E-state index is 0.0114. The molecule has 0 aliphatic carbocycles. The molecule has 0 saturated carbocycles. The molecule has 4 heterocycles. The molecule has 150 valence electrons. The molecule has 29 heavy (non-hydrogen) atoms. The van der Waals surface area contributed by atoms with E-state index in [2.05, 4.69) is 41.2 Å². The van der Waals surface area contributed by atoms with Crippen molar-refractivity contribution in [2.24, 2.45) is 5.92 Å². The van der Waals surface area contributed by atoms with E-state index in [-0.39, 0.29) is 24.1 Å². The topological polar surface area (TPSA) is 71.5 Å². The number of likely N-dealkylation sites (tertiary alicyclic amines) is 1. The fourth-order valence-electron chi connectivity index (χ4n) is 4.97. The molecular formula is C23H25N3O3. The van der Waals surface area contributed by atoms with E-state index in [4.69, 9.17) is 4.52 Å². The van der Waals surface area contributed by atoms with Crippen LogP contribution in [0.25, 0.3) is 11.3 Å². The fraction of sp³-hybridized carbons (Fsp3) is 0.391. The number of fused-ring (bicyclic) bond motifs is 4. The summed E-state index contributed by atoms with van der Waals surface area (Å²) in [5.74, 6) is 1.39. The van der Waals surface area contributed by atoms with E-state index in [1.54, 1.807) is 6.07 Å². The molecule has 1 N–H and O–H groups in total. The molecule has 6 nitrogen and oxygen atoms in total. The summed E-state index contributed by atoms with van der Waals surface area (Å²) in [5, 5.41) is 14.2. The van der Waals surface area contributed by atoms with Crippen LogP contribution in [-0.2, 0) is 6.54 Å². The standard InChI is InChI=1S/C23H25N3O3/c1-15-5-7-16(8-6-15)20-10-19(29-24-20)13-25-11-17-9-18(12-25)22(14-27)26-21(17)3-2-4-23(26)28/h2-8,10,17-18,22,27H,9,11-14H2,1H3/t17-,18+,22+/m1/s1. The van der Waals surface area contributed by atoms with E-state index < -0.39 is 0 Å². The van der Waals surface area contributed by atoms with Crippen molar-refractivity contribution in [2.75, 3.05) is 19.7 Å². The van der Waals surface area contributed by atoms with Crippen molar-refractivity contribution in [1.29, 1.82) is 0 Å². The first-order valence-electron chi connectivity index (χ1n) is 10.2. The van der Waals surface area contributed by atoms with Gasteiger partial charge in [0.1, 0.15) is 5.69 Å². The molecular weight excluding hydrogens is 366 g/mol. The van der Waals surface area contributed by atoms with Crippen molar-refractivity contribution in [3.63, 3.8) is 0 Å². The van der Waals surface area contributed by atoms with Crippen molar-refractivity contribution in [2.45, 2.75) is 31.8 Å². The Kier molecular flexibility index (Phi) is 4.60. The van der Waals surface area contributed by atoms with Crippen LogP contribution in [0.5, 0.6) is 0 Å². The summed E-state index contributed by atoms with van der Waals surface area (Å²) in [6, 6.07) is 15.6. The molecule has 3 atom stereocenters. The van der Waals surface area contributed by atoms with E-state index in [9.17, 15) is 9.90 Å². The number of nitrogens with zero attached hydrogens (tertiary/aromatic N) is 3. The van der Waals surface area contributed by atoms with Gasteiger partial charge in [0, 0.05) is 42.4 Å². The summed E-state index contributed by atoms with van der Waals surface area (Å²) >= 11 is 0. The molecule has 3 aromatic rings. The van der Waals surface area contributed by atoms with Crippen LogP contribution in [0.2, 0.25) is 0 Å². The van der Waals surface area contributed by atoms with Gasteiger partial charge in [-0.15, -0.1) is 0 Å². The molecule has 1 aromatic carbocycles. The molecule has 0 unspecified atom stereocenters. The minimum Gasteiger partial charge on any atom is -0.394 e. The van der Waals surface area contributed by atoms with Crippen LogP contribution in [-0.4, -0.2) is 39.4 Å². The highest BCUT2D eigenvalue weighted by Gasteiger charge is 2.40. The predicted octanol–water partition coefficient (Wildman–Crippen LogP) is 2.96. The molecule has 0 amide bonds. The number of aryl methyl sites for hydroxylation is 1. The number of hydrogen-bond acceptors (Lipinski definition) is 5. The first kappa shape index (κ1) is 18.3. The van der Waals surface area contributed by atoms with Crippen LogP contribution in [0.15, 0.2) is 57.8 Å². The van der Waals surface area contributed by atoms with Gasteiger partial charge in [0.2, 0.25) is 0 Å². The Labute approximate surface area is 169 Å². The molecule has 5 rings (SSSR count). The minimum atomic E-state index is -0.157. The number of aromatic nitrogens is 2. The summed E-state index contributed by atoms with van der Waals surface area (Å²) in [4.78, 5) is 14.8. The number of pyridine rings is 1. The molecule has 1 saturated heterocycles. The molecule has 2 aromatic heterocycles. The lowest BCUT2D eigenvalue weighted by Crippen LogP contribution is -2.49. The predicted molar refractivity (Wildman–Crippen MR) is 110 cm³/mol. The third kappa shape index (κ3) is 3.32. The van der Waals surface area contributed by atoms with Gasteiger partial charge in [0.15, 0.2) is 5.76 Å². The van der Waals surface area contributed by atoms with E-state index >= 15 is 0 Å². The first-order chi connectivity index (χ1) is 14.1. The van der Waals surface area contributed by atoms with Crippen molar-refractivity contribution in [3.8, 4) is 11.3 Å². The number of aliphatic hydroxyl groups excluding tert-OH is 1. The summed E-state index contributed by atoms with van der Waals surface area (Å²) in [7, 11) is 0. The molecule has 2 bridgehead atoms. The van der Waals surface area contributed by atoms with Gasteiger partial charge in [-0.2, -0.15) is 0 Å². The number of aliphatic hydroxyl groups is 1. The average molecular weight is 391 g/mol. The maximum atomic E-state index is 12.4. The largest absolute Gasteiger partial charge is 0.394 e. The Hall–Kier alpha value is -2.70. The van der Waals surface area contributed by atoms with Gasteiger partial charge in [-0.25, -0.2) is 0 Å². The summed E-state index contributed by atoms with van der Waals surface area (Å²) < 4.78 is 7.44. The molecule has 2 aliphatic heterocycles. The lowest BCUT2D eigenvalue weighted by atomic mass is 9.78. The summed E-state index contributed by atoms with van der Waals surface area (Å²) in [6.07, 6.45) is 1.01. The lowest BCUT2D eigenvalue weighted by molar-refractivity contribution is 0.0538. The average Bonchev–Trinajstić information content (AvgIpc) is 3.18. The van der Waals surface area contributed by atoms with Crippen molar-refractivity contribution >= 4 is 0 Å². The highest BCUT2D eigenvalue weighted by Crippen LogP contribution is 2.41. The van der Waals surface area contributed by atoms with Gasteiger partial charge in [-0.3, -0.25) is 9.69 Å². The molecule has 0 radical (unpaired) electrons. The maximum absolute atomic E-state index is 12.4. The Morgan fingerprint density at radius 2 is 2.00 bits per heavy atom. The molecule has 6 heteroatoms. The van der Waals surface area contributed by atoms with Gasteiger partial charge in [0.05, 0.1) is 19.2 Å². The van der Waals surface area contributed by atoms with Crippen LogP contribution in [0.4, 0.5) is 0 Å². The Balaban J connectivity index is 1.37. The van der Waals surface area contributed by atoms with Crippen molar-refractivity contribution in [3.05, 3.63) is 75.9 Å². The smallest absolute Gasteiger partial charge is 0.251 e. The Morgan fingerprint density at radius 3 is 2.79 bits per heavy atom. The van der Waals surface area contributed by atoms with Crippen LogP contribution < -0.4 is 5.56 Å². The number of benzene rings is 1. The van der Waals surface area contributed by atoms with Gasteiger partial charge in [-0.1, -0.05) is 41.1 Å². The van der Waals surface area contributed by atoms with E-state index in [1.165, 1.54) is 5.56 Å². The SMILES string of the molecule is Cc1ccc(-c2cc(CN3C[C@H]4C[C@@H](C3)[C@H](CO)n3c4cccc3=O)on2)cc1. The summed E-state index contributed by atoms with van der Waals surface area (Å²) in [5.41, 5.74) is 4.14. The first-order valence-corrected chi connectivity index (χ1v) is 10.2. The van der Waals surface area contributed by atoms with Gasteiger partial charge in [-0.05, 0) is 25.3 Å². The summed E-state index contributed by atoms with van der Waals surface area (Å²) in [6.45, 7) is 4.45. The molecule has 1 fully saturated rings. The van der Waals surface area contributed by atoms with Crippen molar-refractivity contribution in [1.82, 2.24) is 14.6 Å². The van der Waals surface area contributed by atoms with Crippen LogP contribution in [0.3, 0.4) is 0 Å². The van der Waals surface area contributed by atoms with Crippen LogP contribution in [0.1, 0.15) is 35.4 Å². The third-order valence-electron chi connectivity index (χ3n) is 6.35. The maximum Gasteiger partial charge on any atom is 0.251 e. The lowest BCUT2D eigenvalue weighted by Gasteiger charge is -2.46. The number of piperidine rings is 1. The van der Waals surface area contributed by atoms with Gasteiger partial charge >= 0.3 is 0 Å². The van der Waals surface area contributed by atoms with Gasteiger partial charge in [0.25, 0.3) is 5.56 Å². The fourth-order valence-corrected chi connectivity index (χ4v) is 4.97. The third-order valence-corrected chi connectivity index (χ3v) is 6.35. The quantitative estimate of drug-likeness (QED) is 0.740. The Morgan fingerprint density at radius 1 is 1.17 bits per heavy atom. The number of hydrogen-bond donors (Lipinski definition) is 1. The monoisotopic (exact) mass is 391 g/mol. The zero-order valence-electron chi connectivity index (χ0n) is 16.5. The van der Waals surface area contributed by atoms with E-state index in [0.29, 0.717) is 12.5 Å². The zero-order valence-corrected chi connectivity index (χ0v) is 16.5. The van der Waals surface area contributed by atoms with E-state index in [1.807, 2.05) is 22.8 Å². The van der Waals surface area contributed by atoms with Crippen molar-refractivity contribution < 1.29 is 9.63 Å². The second-order valence-corrected chi connectivity index (χ2v) is 8.34. The zero-order chi connectivity index (χ0) is 20.0. The number of rotatable bonds is 4. The highest BCUT2D eigenvalue weighted by atomic mass is 16.5. The molecule has 2 aliphatic rings. The molecule has 0 spiro atoms. The van der Waals surface area contributed by atoms with Crippen LogP contribution in [0, 0.1) is 12.8 Å². The second-order valence-electron chi connectivity index (χ2n) is 8.34. The Bertz CT molecular complexity index is 1070. The second kappa shape index (κ2) is 7.28. The van der Waals surface area contributed by atoms with Gasteiger partial charge < -0.3 is 14.2 Å². The normalized spacial score (nSPS) is 23.7. The van der Waals surface area contributed by atoms with Crippen LogP contribution >= 0.6 is 0 Å². The highest BCUT2D eigenvalue weighted by molar-refractivity contribution is 5.59. The van der Waals surface area contributed by atoms with E-state index in [0.717, 1.165) is 42.2 Å².